The van der Waals surface area contributed by atoms with Crippen LogP contribution < -0.4 is 5.32 Å². The first-order valence-electron chi connectivity index (χ1n) is 3.93. The summed E-state index contributed by atoms with van der Waals surface area (Å²) in [4.78, 5) is 11.1. The highest BCUT2D eigenvalue weighted by atomic mass is 16.1. The van der Waals surface area contributed by atoms with E-state index >= 15 is 0 Å². The topological polar surface area (TPSA) is 29.1 Å². The summed E-state index contributed by atoms with van der Waals surface area (Å²) in [6.45, 7) is 4.63. The molecule has 0 aliphatic carbocycles. The number of hydrogen-bond donors (Lipinski definition) is 1. The highest BCUT2D eigenvalue weighted by molar-refractivity contribution is 5.82. The van der Waals surface area contributed by atoms with Crippen molar-refractivity contribution in [1.82, 2.24) is 5.32 Å². The molecule has 0 fully saturated rings. The third-order valence-corrected chi connectivity index (χ3v) is 1.79. The van der Waals surface area contributed by atoms with Crippen molar-refractivity contribution in [2.24, 2.45) is 5.92 Å². The Morgan fingerprint density at radius 2 is 1.90 bits per heavy atom. The maximum atomic E-state index is 11.1. The molecule has 0 bridgehead atoms. The quantitative estimate of drug-likeness (QED) is 0.626. The summed E-state index contributed by atoms with van der Waals surface area (Å²) < 4.78 is 0. The smallest absolute Gasteiger partial charge is 0.149 e. The standard InChI is InChI=1S/C8H17NO/c1-4-7(5-2)8(10)6-9-3/h7,9H,4-6H2,1-3H3. The molecule has 0 saturated carbocycles. The van der Waals surface area contributed by atoms with Crippen LogP contribution in [0, 0.1) is 5.92 Å². The molecule has 0 atom stereocenters. The Labute approximate surface area is 63.0 Å². The molecule has 10 heavy (non-hydrogen) atoms. The van der Waals surface area contributed by atoms with Gasteiger partial charge in [-0.1, -0.05) is 13.8 Å². The van der Waals surface area contributed by atoms with Crippen molar-refractivity contribution in [3.8, 4) is 0 Å². The molecule has 2 heteroatoms. The summed E-state index contributed by atoms with van der Waals surface area (Å²) in [5, 5.41) is 2.87. The van der Waals surface area contributed by atoms with Gasteiger partial charge in [0.2, 0.25) is 0 Å². The van der Waals surface area contributed by atoms with Gasteiger partial charge >= 0.3 is 0 Å². The number of Topliss-reactive ketones (excluding diaryl/α,β-unsaturated/α-hetero) is 1. The molecule has 2 nitrogen and oxygen atoms in total. The van der Waals surface area contributed by atoms with Gasteiger partial charge in [0.15, 0.2) is 0 Å². The van der Waals surface area contributed by atoms with Crippen molar-refractivity contribution in [2.75, 3.05) is 13.6 Å². The van der Waals surface area contributed by atoms with Crippen molar-refractivity contribution in [1.29, 1.82) is 0 Å². The SMILES string of the molecule is CCC(CC)C(=O)CNC. The minimum absolute atomic E-state index is 0.271. The van der Waals surface area contributed by atoms with Gasteiger partial charge in [-0.3, -0.25) is 4.79 Å². The van der Waals surface area contributed by atoms with Gasteiger partial charge in [0.1, 0.15) is 5.78 Å². The molecule has 0 radical (unpaired) electrons. The lowest BCUT2D eigenvalue weighted by Gasteiger charge is -2.09. The average molecular weight is 143 g/mol. The average Bonchev–Trinajstić information content (AvgIpc) is 1.91. The summed E-state index contributed by atoms with van der Waals surface area (Å²) in [7, 11) is 1.81. The highest BCUT2D eigenvalue weighted by Gasteiger charge is 2.11. The van der Waals surface area contributed by atoms with Gasteiger partial charge in [-0.2, -0.15) is 0 Å². The van der Waals surface area contributed by atoms with Crippen molar-refractivity contribution in [3.05, 3.63) is 0 Å². The van der Waals surface area contributed by atoms with Crippen LogP contribution in [0.15, 0.2) is 0 Å². The highest BCUT2D eigenvalue weighted by Crippen LogP contribution is 2.07. The molecule has 0 aliphatic heterocycles. The maximum absolute atomic E-state index is 11.1. The Bertz CT molecular complexity index is 97.4. The number of ketones is 1. The van der Waals surface area contributed by atoms with E-state index in [4.69, 9.17) is 0 Å². The van der Waals surface area contributed by atoms with E-state index < -0.39 is 0 Å². The second kappa shape index (κ2) is 5.42. The lowest BCUT2D eigenvalue weighted by atomic mass is 9.98. The fraction of sp³-hybridized carbons (Fsp3) is 0.875. The number of nitrogens with one attached hydrogen (secondary N) is 1. The number of carbonyl (C=O) groups is 1. The molecule has 0 aromatic rings. The molecule has 0 rings (SSSR count). The predicted octanol–water partition coefficient (Wildman–Crippen LogP) is 1.21. The summed E-state index contributed by atoms with van der Waals surface area (Å²) in [5.74, 6) is 0.611. The molecule has 0 spiro atoms. The van der Waals surface area contributed by atoms with E-state index in [1.54, 1.807) is 7.05 Å². The molecule has 0 saturated heterocycles. The minimum Gasteiger partial charge on any atom is -0.313 e. The van der Waals surface area contributed by atoms with E-state index in [1.165, 1.54) is 0 Å². The van der Waals surface area contributed by atoms with E-state index in [0.717, 1.165) is 12.8 Å². The monoisotopic (exact) mass is 143 g/mol. The van der Waals surface area contributed by atoms with Gasteiger partial charge in [-0.05, 0) is 19.9 Å². The van der Waals surface area contributed by atoms with Crippen LogP contribution in [0.5, 0.6) is 0 Å². The van der Waals surface area contributed by atoms with Gasteiger partial charge < -0.3 is 5.32 Å². The van der Waals surface area contributed by atoms with Crippen LogP contribution >= 0.6 is 0 Å². The fourth-order valence-corrected chi connectivity index (χ4v) is 1.06. The normalized spacial score (nSPS) is 10.4. The molecule has 1 N–H and O–H groups in total. The van der Waals surface area contributed by atoms with Gasteiger partial charge in [0, 0.05) is 5.92 Å². The van der Waals surface area contributed by atoms with Crippen molar-refractivity contribution < 1.29 is 4.79 Å². The van der Waals surface area contributed by atoms with E-state index in [9.17, 15) is 4.79 Å². The number of rotatable bonds is 5. The first-order chi connectivity index (χ1) is 4.76. The third-order valence-electron chi connectivity index (χ3n) is 1.79. The lowest BCUT2D eigenvalue weighted by molar-refractivity contribution is -0.122. The van der Waals surface area contributed by atoms with Crippen LogP contribution in [0.25, 0.3) is 0 Å². The zero-order valence-corrected chi connectivity index (χ0v) is 7.11. The van der Waals surface area contributed by atoms with Gasteiger partial charge in [-0.25, -0.2) is 0 Å². The van der Waals surface area contributed by atoms with Crippen LogP contribution in [0.2, 0.25) is 0 Å². The zero-order valence-electron chi connectivity index (χ0n) is 7.11. The Hall–Kier alpha value is -0.370. The molecule has 0 amide bonds. The minimum atomic E-state index is 0.271. The Morgan fingerprint density at radius 3 is 2.20 bits per heavy atom. The van der Waals surface area contributed by atoms with Crippen LogP contribution in [0.3, 0.4) is 0 Å². The second-order valence-corrected chi connectivity index (χ2v) is 2.51. The van der Waals surface area contributed by atoms with Crippen molar-refractivity contribution in [3.63, 3.8) is 0 Å². The number of carbonyl (C=O) groups excluding carboxylic acids is 1. The van der Waals surface area contributed by atoms with E-state index in [0.29, 0.717) is 12.3 Å². The van der Waals surface area contributed by atoms with Crippen molar-refractivity contribution >= 4 is 5.78 Å². The molecule has 0 unspecified atom stereocenters. The van der Waals surface area contributed by atoms with E-state index in [-0.39, 0.29) is 5.92 Å². The van der Waals surface area contributed by atoms with Crippen molar-refractivity contribution in [2.45, 2.75) is 26.7 Å². The Balaban J connectivity index is 3.65. The number of likely N-dealkylation sites (N-methyl/N-ethyl adjacent to an activating group) is 1. The van der Waals surface area contributed by atoms with Gasteiger partial charge in [-0.15, -0.1) is 0 Å². The molecular formula is C8H17NO. The first kappa shape index (κ1) is 9.63. The largest absolute Gasteiger partial charge is 0.313 e. The summed E-state index contributed by atoms with van der Waals surface area (Å²) in [5.41, 5.74) is 0. The number of hydrogen-bond acceptors (Lipinski definition) is 2. The second-order valence-electron chi connectivity index (χ2n) is 2.51. The zero-order chi connectivity index (χ0) is 7.98. The molecule has 60 valence electrons. The molecule has 0 heterocycles. The van der Waals surface area contributed by atoms with Crippen LogP contribution in [0.1, 0.15) is 26.7 Å². The Kier molecular flexibility index (Phi) is 5.22. The molecule has 0 aliphatic rings. The maximum Gasteiger partial charge on any atom is 0.149 e. The first-order valence-corrected chi connectivity index (χ1v) is 3.93. The van der Waals surface area contributed by atoms with Crippen LogP contribution in [-0.2, 0) is 4.79 Å². The van der Waals surface area contributed by atoms with E-state index in [2.05, 4.69) is 19.2 Å². The fourth-order valence-electron chi connectivity index (χ4n) is 1.06. The molecule has 0 aromatic carbocycles. The summed E-state index contributed by atoms with van der Waals surface area (Å²) in [6.07, 6.45) is 1.94. The van der Waals surface area contributed by atoms with Crippen LogP contribution in [-0.4, -0.2) is 19.4 Å². The van der Waals surface area contributed by atoms with Gasteiger partial charge in [0.25, 0.3) is 0 Å². The predicted molar refractivity (Wildman–Crippen MR) is 43.0 cm³/mol. The molecule has 0 aromatic heterocycles. The van der Waals surface area contributed by atoms with E-state index in [1.807, 2.05) is 0 Å². The Morgan fingerprint density at radius 1 is 1.40 bits per heavy atom. The summed E-state index contributed by atoms with van der Waals surface area (Å²) >= 11 is 0. The molecular weight excluding hydrogens is 126 g/mol. The lowest BCUT2D eigenvalue weighted by Crippen LogP contribution is -2.25. The summed E-state index contributed by atoms with van der Waals surface area (Å²) in [6, 6.07) is 0. The third kappa shape index (κ3) is 2.97. The van der Waals surface area contributed by atoms with Gasteiger partial charge in [0.05, 0.1) is 6.54 Å². The van der Waals surface area contributed by atoms with Crippen LogP contribution in [0.4, 0.5) is 0 Å².